The third-order valence-corrected chi connectivity index (χ3v) is 3.59. The molecule has 108 valence electrons. The van der Waals surface area contributed by atoms with Crippen molar-refractivity contribution >= 4 is 15.7 Å². The van der Waals surface area contributed by atoms with E-state index in [-0.39, 0.29) is 27.6 Å². The van der Waals surface area contributed by atoms with Crippen LogP contribution in [0, 0.1) is 17.1 Å². The summed E-state index contributed by atoms with van der Waals surface area (Å²) >= 11 is 0. The van der Waals surface area contributed by atoms with Crippen LogP contribution in [-0.2, 0) is 10.0 Å². The topological polar surface area (TPSA) is 119 Å². The first kappa shape index (κ1) is 14.8. The van der Waals surface area contributed by atoms with Gasteiger partial charge in [-0.3, -0.25) is 0 Å². The number of nitrogens with two attached hydrogens (primary N) is 2. The van der Waals surface area contributed by atoms with E-state index in [4.69, 9.17) is 20.9 Å². The van der Waals surface area contributed by atoms with Gasteiger partial charge in [-0.15, -0.1) is 0 Å². The van der Waals surface area contributed by atoms with Crippen molar-refractivity contribution in [2.24, 2.45) is 5.14 Å². The summed E-state index contributed by atoms with van der Waals surface area (Å²) in [5, 5.41) is 13.9. The minimum absolute atomic E-state index is 0.000237. The first-order valence-electron chi connectivity index (χ1n) is 5.61. The Balaban J connectivity index is 2.41. The van der Waals surface area contributed by atoms with E-state index in [0.717, 1.165) is 6.07 Å². The molecule has 0 aliphatic rings. The quantitative estimate of drug-likeness (QED) is 0.837. The molecule has 21 heavy (non-hydrogen) atoms. The molecule has 0 heterocycles. The van der Waals surface area contributed by atoms with E-state index in [1.165, 1.54) is 30.3 Å². The Bertz CT molecular complexity index is 844. The molecule has 0 saturated carbocycles. The van der Waals surface area contributed by atoms with Crippen LogP contribution in [0.5, 0.6) is 11.5 Å². The lowest BCUT2D eigenvalue weighted by molar-refractivity contribution is 0.474. The zero-order valence-electron chi connectivity index (χ0n) is 10.6. The van der Waals surface area contributed by atoms with Gasteiger partial charge in [0.05, 0.1) is 5.69 Å². The lowest BCUT2D eigenvalue weighted by atomic mass is 10.2. The molecule has 4 N–H and O–H groups in total. The molecule has 0 saturated heterocycles. The molecule has 0 unspecified atom stereocenters. The molecule has 0 aromatic heterocycles. The molecule has 2 aromatic rings. The average molecular weight is 307 g/mol. The number of ether oxygens (including phenoxy) is 1. The van der Waals surface area contributed by atoms with E-state index < -0.39 is 15.8 Å². The van der Waals surface area contributed by atoms with E-state index in [1.54, 1.807) is 6.07 Å². The van der Waals surface area contributed by atoms with Gasteiger partial charge < -0.3 is 10.5 Å². The van der Waals surface area contributed by atoms with Crippen LogP contribution in [0.3, 0.4) is 0 Å². The highest BCUT2D eigenvalue weighted by Gasteiger charge is 2.14. The smallest absolute Gasteiger partial charge is 0.240 e. The molecule has 0 aliphatic carbocycles. The van der Waals surface area contributed by atoms with Gasteiger partial charge in [-0.2, -0.15) is 5.26 Å². The molecule has 0 aliphatic heterocycles. The molecule has 0 amide bonds. The fourth-order valence-electron chi connectivity index (χ4n) is 1.67. The molecule has 2 rings (SSSR count). The number of halogens is 1. The van der Waals surface area contributed by atoms with Crippen LogP contribution >= 0.6 is 0 Å². The van der Waals surface area contributed by atoms with Crippen molar-refractivity contribution in [2.75, 3.05) is 5.73 Å². The van der Waals surface area contributed by atoms with E-state index in [9.17, 15) is 12.8 Å². The van der Waals surface area contributed by atoms with Crippen LogP contribution in [0.25, 0.3) is 0 Å². The first-order chi connectivity index (χ1) is 9.82. The van der Waals surface area contributed by atoms with Gasteiger partial charge in [-0.05, 0) is 24.3 Å². The summed E-state index contributed by atoms with van der Waals surface area (Å²) in [6, 6.07) is 9.31. The Morgan fingerprint density at radius 1 is 1.24 bits per heavy atom. The number of benzene rings is 2. The van der Waals surface area contributed by atoms with E-state index in [0.29, 0.717) is 0 Å². The van der Waals surface area contributed by atoms with Gasteiger partial charge in [-0.1, -0.05) is 6.07 Å². The van der Waals surface area contributed by atoms with Gasteiger partial charge in [0.25, 0.3) is 0 Å². The van der Waals surface area contributed by atoms with Crippen molar-refractivity contribution in [3.8, 4) is 17.6 Å². The minimum Gasteiger partial charge on any atom is -0.456 e. The highest BCUT2D eigenvalue weighted by atomic mass is 32.2. The number of nitrogens with zero attached hydrogens (tertiary/aromatic N) is 1. The fourth-order valence-corrected chi connectivity index (χ4v) is 2.32. The molecular formula is C13H10FN3O3S. The predicted octanol–water partition coefficient (Wildman–Crippen LogP) is 1.72. The van der Waals surface area contributed by atoms with Gasteiger partial charge in [0.15, 0.2) is 0 Å². The van der Waals surface area contributed by atoms with Crippen molar-refractivity contribution < 1.29 is 17.5 Å². The highest BCUT2D eigenvalue weighted by molar-refractivity contribution is 7.89. The largest absolute Gasteiger partial charge is 0.456 e. The Hall–Kier alpha value is -2.63. The normalized spacial score (nSPS) is 10.9. The molecular weight excluding hydrogens is 297 g/mol. The Morgan fingerprint density at radius 2 is 1.95 bits per heavy atom. The van der Waals surface area contributed by atoms with Crippen molar-refractivity contribution in [1.82, 2.24) is 0 Å². The summed E-state index contributed by atoms with van der Waals surface area (Å²) in [6.07, 6.45) is 0. The average Bonchev–Trinajstić information content (AvgIpc) is 2.37. The summed E-state index contributed by atoms with van der Waals surface area (Å²) in [5.41, 5.74) is 5.22. The maximum absolute atomic E-state index is 13.4. The minimum atomic E-state index is -3.94. The summed E-state index contributed by atoms with van der Waals surface area (Å²) in [5.74, 6) is -0.564. The Kier molecular flexibility index (Phi) is 3.80. The number of hydrogen-bond donors (Lipinski definition) is 2. The second-order valence-corrected chi connectivity index (χ2v) is 5.60. The van der Waals surface area contributed by atoms with E-state index in [1.807, 2.05) is 0 Å². The van der Waals surface area contributed by atoms with Crippen LogP contribution in [0.15, 0.2) is 41.3 Å². The zero-order valence-corrected chi connectivity index (χ0v) is 11.4. The number of hydrogen-bond acceptors (Lipinski definition) is 5. The summed E-state index contributed by atoms with van der Waals surface area (Å²) in [7, 11) is -3.94. The van der Waals surface area contributed by atoms with Crippen molar-refractivity contribution in [2.45, 2.75) is 4.90 Å². The monoisotopic (exact) mass is 307 g/mol. The predicted molar refractivity (Wildman–Crippen MR) is 73.4 cm³/mol. The standard InChI is InChI=1S/C13H10FN3O3S/c14-10-2-1-3-12(9(10)7-15)20-8-4-5-13(11(16)6-8)21(17,18)19/h1-6H,16H2,(H2,17,18,19). The fraction of sp³-hybridized carbons (Fsp3) is 0. The maximum atomic E-state index is 13.4. The second-order valence-electron chi connectivity index (χ2n) is 4.07. The number of nitrogen functional groups attached to an aromatic ring is 1. The van der Waals surface area contributed by atoms with Gasteiger partial charge in [0, 0.05) is 6.07 Å². The third kappa shape index (κ3) is 3.10. The van der Waals surface area contributed by atoms with E-state index in [2.05, 4.69) is 0 Å². The van der Waals surface area contributed by atoms with Crippen LogP contribution in [-0.4, -0.2) is 8.42 Å². The van der Waals surface area contributed by atoms with E-state index >= 15 is 0 Å². The molecule has 0 bridgehead atoms. The highest BCUT2D eigenvalue weighted by Crippen LogP contribution is 2.29. The number of sulfonamides is 1. The Morgan fingerprint density at radius 3 is 2.52 bits per heavy atom. The Labute approximate surface area is 120 Å². The molecule has 8 heteroatoms. The molecule has 6 nitrogen and oxygen atoms in total. The van der Waals surface area contributed by atoms with Crippen LogP contribution in [0.4, 0.5) is 10.1 Å². The molecule has 0 spiro atoms. The molecule has 0 radical (unpaired) electrons. The lowest BCUT2D eigenvalue weighted by Crippen LogP contribution is -2.14. The lowest BCUT2D eigenvalue weighted by Gasteiger charge is -2.10. The molecule has 0 fully saturated rings. The molecule has 2 aromatic carbocycles. The number of anilines is 1. The van der Waals surface area contributed by atoms with Crippen LogP contribution < -0.4 is 15.6 Å². The first-order valence-corrected chi connectivity index (χ1v) is 7.16. The second kappa shape index (κ2) is 5.40. The number of nitriles is 1. The summed E-state index contributed by atoms with van der Waals surface area (Å²) < 4.78 is 41.2. The summed E-state index contributed by atoms with van der Waals surface area (Å²) in [6.45, 7) is 0. The number of rotatable bonds is 3. The zero-order chi connectivity index (χ0) is 15.6. The van der Waals surface area contributed by atoms with Gasteiger partial charge in [0.2, 0.25) is 10.0 Å². The summed E-state index contributed by atoms with van der Waals surface area (Å²) in [4.78, 5) is -0.241. The maximum Gasteiger partial charge on any atom is 0.240 e. The van der Waals surface area contributed by atoms with Crippen molar-refractivity contribution in [1.29, 1.82) is 5.26 Å². The van der Waals surface area contributed by atoms with Crippen LogP contribution in [0.1, 0.15) is 5.56 Å². The third-order valence-electron chi connectivity index (χ3n) is 2.60. The van der Waals surface area contributed by atoms with Gasteiger partial charge in [0.1, 0.15) is 33.8 Å². The van der Waals surface area contributed by atoms with Crippen molar-refractivity contribution in [3.05, 3.63) is 47.8 Å². The van der Waals surface area contributed by atoms with Crippen molar-refractivity contribution in [3.63, 3.8) is 0 Å². The van der Waals surface area contributed by atoms with Crippen LogP contribution in [0.2, 0.25) is 0 Å². The molecule has 0 atom stereocenters. The van der Waals surface area contributed by atoms with Gasteiger partial charge >= 0.3 is 0 Å². The number of primary sulfonamides is 1. The SMILES string of the molecule is N#Cc1c(F)cccc1Oc1ccc(S(N)(=O)=O)c(N)c1. The van der Waals surface area contributed by atoms with Gasteiger partial charge in [-0.25, -0.2) is 17.9 Å².